The molecule has 0 radical (unpaired) electrons. The Morgan fingerprint density at radius 3 is 2.63 bits per heavy atom. The van der Waals surface area contributed by atoms with E-state index in [-0.39, 0.29) is 23.0 Å². The maximum Gasteiger partial charge on any atom is 0.410 e. The number of aromatic nitrogens is 1. The summed E-state index contributed by atoms with van der Waals surface area (Å²) in [5.41, 5.74) is 0.534. The Balaban J connectivity index is 1.80. The second-order valence-electron chi connectivity index (χ2n) is 11.3. The lowest BCUT2D eigenvalue weighted by molar-refractivity contribution is 0.0205. The minimum Gasteiger partial charge on any atom is -0.598 e. The zero-order valence-electron chi connectivity index (χ0n) is 22.5. The second kappa shape index (κ2) is 13.5. The first kappa shape index (κ1) is 30.2. The third-order valence-corrected chi connectivity index (χ3v) is 8.17. The van der Waals surface area contributed by atoms with Crippen LogP contribution in [-0.4, -0.2) is 74.1 Å². The van der Waals surface area contributed by atoms with Gasteiger partial charge in [-0.15, -0.1) is 4.31 Å². The number of carbonyl (C=O) groups is 1. The zero-order valence-corrected chi connectivity index (χ0v) is 24.1. The number of carbonyl (C=O) groups excluding carboxylic acids is 1. The van der Waals surface area contributed by atoms with Crippen LogP contribution in [-0.2, 0) is 27.3 Å². The van der Waals surface area contributed by atoms with Crippen LogP contribution in [0.1, 0.15) is 79.2 Å². The molecule has 1 fully saturated rings. The van der Waals surface area contributed by atoms with Crippen molar-refractivity contribution in [1.29, 1.82) is 0 Å². The highest BCUT2D eigenvalue weighted by atomic mass is 35.5. The number of nitrogens with zero attached hydrogens (tertiary/aromatic N) is 3. The van der Waals surface area contributed by atoms with E-state index in [1.807, 2.05) is 65.0 Å². The van der Waals surface area contributed by atoms with E-state index in [1.165, 1.54) is 0 Å². The van der Waals surface area contributed by atoms with Gasteiger partial charge in [0, 0.05) is 37.8 Å². The molecule has 1 aromatic heterocycles. The fourth-order valence-electron chi connectivity index (χ4n) is 4.09. The number of halogens is 1. The zero-order chi connectivity index (χ0) is 26.2. The molecule has 9 heteroatoms. The van der Waals surface area contributed by atoms with E-state index < -0.39 is 17.0 Å². The molecule has 0 N–H and O–H groups in total. The first-order valence-corrected chi connectivity index (χ1v) is 14.1. The number of unbranched alkanes of at least 4 members (excludes halogenated alkanes) is 1. The number of amides is 1. The maximum absolute atomic E-state index is 13.1. The van der Waals surface area contributed by atoms with Crippen LogP contribution in [0.2, 0.25) is 5.15 Å². The molecule has 0 spiro atoms. The van der Waals surface area contributed by atoms with E-state index in [9.17, 15) is 9.35 Å². The summed E-state index contributed by atoms with van der Waals surface area (Å²) in [5.74, 6) is 0. The van der Waals surface area contributed by atoms with Crippen molar-refractivity contribution in [3.8, 4) is 0 Å². The van der Waals surface area contributed by atoms with Crippen molar-refractivity contribution in [2.24, 2.45) is 0 Å². The van der Waals surface area contributed by atoms with E-state index >= 15 is 0 Å². The number of aryl methyl sites for hydroxylation is 1. The fourth-order valence-corrected chi connectivity index (χ4v) is 5.65. The lowest BCUT2D eigenvalue weighted by Crippen LogP contribution is -2.46. The van der Waals surface area contributed by atoms with Crippen molar-refractivity contribution >= 4 is 29.1 Å². The summed E-state index contributed by atoms with van der Waals surface area (Å²) in [6, 6.07) is 4.07. The Morgan fingerprint density at radius 2 is 2.00 bits per heavy atom. The molecule has 1 saturated heterocycles. The third-order valence-electron chi connectivity index (χ3n) is 5.96. The Labute approximate surface area is 220 Å². The summed E-state index contributed by atoms with van der Waals surface area (Å²) in [5, 5.41) is 0.538. The van der Waals surface area contributed by atoms with Crippen LogP contribution < -0.4 is 0 Å². The molecule has 35 heavy (non-hydrogen) atoms. The minimum atomic E-state index is -1.10. The van der Waals surface area contributed by atoms with E-state index in [0.29, 0.717) is 24.8 Å². The summed E-state index contributed by atoms with van der Waals surface area (Å²) in [6.07, 6.45) is 6.79. The Hall–Kier alpha value is -1.06. The molecule has 1 aromatic rings. The van der Waals surface area contributed by atoms with E-state index in [1.54, 1.807) is 11.1 Å². The van der Waals surface area contributed by atoms with Gasteiger partial charge in [-0.3, -0.25) is 0 Å². The summed E-state index contributed by atoms with van der Waals surface area (Å²) in [4.78, 5) is 18.1. The number of ether oxygens (including phenoxy) is 2. The van der Waals surface area contributed by atoms with Crippen molar-refractivity contribution in [1.82, 2.24) is 14.2 Å². The summed E-state index contributed by atoms with van der Waals surface area (Å²) < 4.78 is 26.3. The van der Waals surface area contributed by atoms with Gasteiger partial charge in [-0.05, 0) is 91.7 Å². The summed E-state index contributed by atoms with van der Waals surface area (Å²) in [6.45, 7) is 13.5. The smallest absolute Gasteiger partial charge is 0.410 e. The van der Waals surface area contributed by atoms with E-state index in [0.717, 1.165) is 44.1 Å². The van der Waals surface area contributed by atoms with Crippen molar-refractivity contribution in [2.75, 3.05) is 26.7 Å². The van der Waals surface area contributed by atoms with Crippen LogP contribution in [0.25, 0.3) is 0 Å². The quantitative estimate of drug-likeness (QED) is 0.210. The normalized spacial score (nSPS) is 18.7. The predicted molar refractivity (Wildman–Crippen MR) is 143 cm³/mol. The second-order valence-corrected chi connectivity index (χ2v) is 13.9. The Bertz CT molecular complexity index is 800. The molecule has 1 amide bonds. The molecule has 1 unspecified atom stereocenters. The van der Waals surface area contributed by atoms with Gasteiger partial charge in [-0.25, -0.2) is 9.78 Å². The molecule has 3 atom stereocenters. The van der Waals surface area contributed by atoms with E-state index in [2.05, 4.69) is 4.98 Å². The molecule has 0 aromatic carbocycles. The van der Waals surface area contributed by atoms with Crippen LogP contribution in [0.5, 0.6) is 0 Å². The largest absolute Gasteiger partial charge is 0.598 e. The van der Waals surface area contributed by atoms with Gasteiger partial charge >= 0.3 is 6.09 Å². The van der Waals surface area contributed by atoms with Crippen LogP contribution in [0, 0.1) is 0 Å². The van der Waals surface area contributed by atoms with Gasteiger partial charge in [-0.1, -0.05) is 17.7 Å². The monoisotopic (exact) mass is 529 g/mol. The van der Waals surface area contributed by atoms with Gasteiger partial charge in [0.15, 0.2) is 0 Å². The number of hydrogen-bond donors (Lipinski definition) is 0. The number of pyridine rings is 1. The molecule has 0 aliphatic carbocycles. The first-order valence-electron chi connectivity index (χ1n) is 12.6. The van der Waals surface area contributed by atoms with Gasteiger partial charge in [0.2, 0.25) is 0 Å². The highest BCUT2D eigenvalue weighted by Crippen LogP contribution is 2.26. The molecule has 200 valence electrons. The topological polar surface area (TPSA) is 78.0 Å². The summed E-state index contributed by atoms with van der Waals surface area (Å²) >= 11 is 5.16. The maximum atomic E-state index is 13.1. The predicted octanol–water partition coefficient (Wildman–Crippen LogP) is 5.63. The Kier molecular flexibility index (Phi) is 11.6. The average molecular weight is 530 g/mol. The van der Waals surface area contributed by atoms with Crippen molar-refractivity contribution < 1.29 is 18.8 Å². The lowest BCUT2D eigenvalue weighted by atomic mass is 10.0. The van der Waals surface area contributed by atoms with Gasteiger partial charge < -0.3 is 18.9 Å². The molecule has 0 saturated carbocycles. The molecule has 1 aliphatic heterocycles. The highest BCUT2D eigenvalue weighted by Gasteiger charge is 2.35. The minimum absolute atomic E-state index is 0.0575. The van der Waals surface area contributed by atoms with Gasteiger partial charge in [-0.2, -0.15) is 0 Å². The van der Waals surface area contributed by atoms with Crippen LogP contribution in [0.4, 0.5) is 4.79 Å². The van der Waals surface area contributed by atoms with Gasteiger partial charge in [0.05, 0.1) is 18.7 Å². The SMILES string of the molecule is CN([C@H](CCCCO[C@@H]1CCN(C(=O)OC(C)(C)C)C1)CCc1cccnc1Cl)[S+]([O-])C(C)(C)C. The molecule has 2 heterocycles. The standard InChI is InChI=1S/C26H44ClN3O4S/c1-25(2,3)34-24(31)30-17-15-22(19-30)33-18-9-8-12-21(29(7)35(32)26(4,5)6)14-13-20-11-10-16-28-23(20)27/h10-11,16,21-22H,8-9,12-15,17-19H2,1-7H3/t21-,22-,35?/m1/s1. The average Bonchev–Trinajstić information content (AvgIpc) is 3.23. The molecule has 7 nitrogen and oxygen atoms in total. The number of rotatable bonds is 11. The van der Waals surface area contributed by atoms with Crippen molar-refractivity contribution in [2.45, 2.75) is 103 Å². The first-order chi connectivity index (χ1) is 16.3. The van der Waals surface area contributed by atoms with Gasteiger partial charge in [0.1, 0.15) is 15.5 Å². The molecule has 1 aliphatic rings. The number of hydrogen-bond acceptors (Lipinski definition) is 6. The highest BCUT2D eigenvalue weighted by molar-refractivity contribution is 7.90. The van der Waals surface area contributed by atoms with Crippen LogP contribution >= 0.6 is 11.6 Å². The van der Waals surface area contributed by atoms with Gasteiger partial charge in [0.25, 0.3) is 0 Å². The van der Waals surface area contributed by atoms with Crippen molar-refractivity contribution in [3.05, 3.63) is 29.0 Å². The molecular weight excluding hydrogens is 486 g/mol. The molecular formula is C26H44ClN3O4S. The van der Waals surface area contributed by atoms with Crippen LogP contribution in [0.3, 0.4) is 0 Å². The van der Waals surface area contributed by atoms with E-state index in [4.69, 9.17) is 21.1 Å². The third kappa shape index (κ3) is 10.4. The fraction of sp³-hybridized carbons (Fsp3) is 0.769. The Morgan fingerprint density at radius 1 is 1.29 bits per heavy atom. The molecule has 2 rings (SSSR count). The lowest BCUT2D eigenvalue weighted by Gasteiger charge is -2.35. The number of likely N-dealkylation sites (tertiary alicyclic amines) is 1. The molecule has 0 bridgehead atoms. The summed E-state index contributed by atoms with van der Waals surface area (Å²) in [7, 11) is 1.96. The van der Waals surface area contributed by atoms with Crippen LogP contribution in [0.15, 0.2) is 18.3 Å². The van der Waals surface area contributed by atoms with Crippen molar-refractivity contribution in [3.63, 3.8) is 0 Å².